The summed E-state index contributed by atoms with van der Waals surface area (Å²) >= 11 is 0.937. The first-order valence-electron chi connectivity index (χ1n) is 15.8. The third kappa shape index (κ3) is 6.58. The van der Waals surface area contributed by atoms with Crippen molar-refractivity contribution in [3.05, 3.63) is 70.6 Å². The van der Waals surface area contributed by atoms with E-state index in [1.54, 1.807) is 4.90 Å². The maximum absolute atomic E-state index is 14.4. The summed E-state index contributed by atoms with van der Waals surface area (Å²) in [6, 6.07) is 13.7. The van der Waals surface area contributed by atoms with Crippen LogP contribution in [0.5, 0.6) is 0 Å². The Bertz CT molecular complexity index is 1900. The van der Waals surface area contributed by atoms with Gasteiger partial charge in [0.15, 0.2) is 0 Å². The van der Waals surface area contributed by atoms with Crippen molar-refractivity contribution in [1.29, 1.82) is 5.26 Å². The molecule has 4 heterocycles. The Labute approximate surface area is 284 Å². The number of likely N-dealkylation sites (tertiary alicyclic amines) is 1. The predicted molar refractivity (Wildman–Crippen MR) is 174 cm³/mol. The van der Waals surface area contributed by atoms with Crippen molar-refractivity contribution in [1.82, 2.24) is 20.0 Å². The third-order valence-corrected chi connectivity index (χ3v) is 11.8. The molecule has 3 aromatic rings. The first kappa shape index (κ1) is 34.6. The molecule has 4 amide bonds. The molecule has 0 radical (unpaired) electrons. The summed E-state index contributed by atoms with van der Waals surface area (Å²) < 4.78 is 40.5. The van der Waals surface area contributed by atoms with Gasteiger partial charge in [-0.1, -0.05) is 36.4 Å². The lowest BCUT2D eigenvalue weighted by atomic mass is 9.90. The predicted octanol–water partition coefficient (Wildman–Crippen LogP) is 3.60. The van der Waals surface area contributed by atoms with Gasteiger partial charge in [0.25, 0.3) is 5.91 Å². The van der Waals surface area contributed by atoms with Crippen molar-refractivity contribution in [2.45, 2.75) is 55.9 Å². The van der Waals surface area contributed by atoms with Gasteiger partial charge in [-0.25, -0.2) is 0 Å². The minimum Gasteiger partial charge on any atom is -0.340 e. The quantitative estimate of drug-likeness (QED) is 0.326. The minimum absolute atomic E-state index is 0.0491. The zero-order valence-corrected chi connectivity index (χ0v) is 28.1. The van der Waals surface area contributed by atoms with Gasteiger partial charge in [0.2, 0.25) is 17.7 Å². The number of nitriles is 1. The van der Waals surface area contributed by atoms with Crippen molar-refractivity contribution in [3.63, 3.8) is 0 Å². The largest absolute Gasteiger partial charge is 0.399 e. The summed E-state index contributed by atoms with van der Waals surface area (Å²) in [5.74, 6) is -2.39. The number of fused-ring (bicyclic) bond motifs is 2. The number of hydrogen-bond acceptors (Lipinski definition) is 7. The molecule has 5 atom stereocenters. The van der Waals surface area contributed by atoms with Gasteiger partial charge in [0, 0.05) is 55.3 Å². The Balaban J connectivity index is 1.24. The molecule has 16 heteroatoms. The number of carbonyl (C=O) groups excluding carboxylic acids is 4. The lowest BCUT2D eigenvalue weighted by Crippen LogP contribution is -2.61. The summed E-state index contributed by atoms with van der Waals surface area (Å²) in [7, 11) is -5.81. The highest BCUT2D eigenvalue weighted by Gasteiger charge is 2.51. The van der Waals surface area contributed by atoms with E-state index in [9.17, 15) is 37.8 Å². The number of benzene rings is 2. The van der Waals surface area contributed by atoms with Crippen LogP contribution in [0.25, 0.3) is 10.1 Å². The van der Waals surface area contributed by atoms with Crippen LogP contribution >= 0.6 is 18.9 Å². The van der Waals surface area contributed by atoms with Crippen LogP contribution in [-0.2, 0) is 24.6 Å². The van der Waals surface area contributed by atoms with Crippen molar-refractivity contribution >= 4 is 52.6 Å². The van der Waals surface area contributed by atoms with Gasteiger partial charge in [-0.05, 0) is 48.4 Å². The molecular weight excluding hydrogens is 679 g/mol. The molecule has 12 nitrogen and oxygen atoms in total. The summed E-state index contributed by atoms with van der Waals surface area (Å²) in [4.78, 5) is 77.3. The van der Waals surface area contributed by atoms with E-state index in [0.29, 0.717) is 37.1 Å². The number of halogens is 2. The van der Waals surface area contributed by atoms with E-state index in [4.69, 9.17) is 9.79 Å². The van der Waals surface area contributed by atoms with E-state index < -0.39 is 48.6 Å². The van der Waals surface area contributed by atoms with Gasteiger partial charge in [0.1, 0.15) is 12.1 Å². The number of hydrogen-bond donors (Lipinski definition) is 3. The number of nitrogens with zero attached hydrogens (tertiary/aromatic N) is 4. The molecule has 0 spiro atoms. The molecule has 3 aliphatic rings. The molecule has 2 aromatic carbocycles. The molecule has 0 bridgehead atoms. The first-order chi connectivity index (χ1) is 23.2. The Morgan fingerprint density at radius 3 is 2.43 bits per heavy atom. The summed E-state index contributed by atoms with van der Waals surface area (Å²) in [6.07, 6.45) is 1.35. The molecule has 0 saturated carbocycles. The van der Waals surface area contributed by atoms with E-state index in [1.165, 1.54) is 28.9 Å². The molecule has 0 aliphatic carbocycles. The standard InChI is InChI=1S/C33H34F2N5O7PS/c1-19(41)38-12-11-24-8-9-27(32(44)39-16-22(15-36)25(17-39)20-5-3-2-4-6-20)40(24)31(43)26(18-38)37-30(42)29-14-21-13-23(7-10-28(21)49-29)33(34,35)48(45,46)47/h2-7,10,13-14,22,24-27H,8-9,11-12,16-18H2,1H3,(H,37,42)(H2,45,46,47)/t22-,24+,25+,26-,27-/m0/s1. The fourth-order valence-electron chi connectivity index (χ4n) is 7.11. The monoisotopic (exact) mass is 713 g/mol. The fraction of sp³-hybridized carbons (Fsp3) is 0.424. The number of amides is 4. The summed E-state index contributed by atoms with van der Waals surface area (Å²) in [6.45, 7) is 2.07. The van der Waals surface area contributed by atoms with Crippen molar-refractivity contribution in [3.8, 4) is 6.07 Å². The van der Waals surface area contributed by atoms with Gasteiger partial charge in [-0.15, -0.1) is 11.3 Å². The summed E-state index contributed by atoms with van der Waals surface area (Å²) in [5.41, 5.74) is -4.38. The fourth-order valence-corrected chi connectivity index (χ4v) is 8.54. The molecule has 3 saturated heterocycles. The number of alkyl halides is 2. The van der Waals surface area contributed by atoms with Gasteiger partial charge >= 0.3 is 13.3 Å². The molecule has 1 aromatic heterocycles. The van der Waals surface area contributed by atoms with Crippen LogP contribution in [0.4, 0.5) is 8.78 Å². The molecule has 6 rings (SSSR count). The van der Waals surface area contributed by atoms with E-state index in [1.807, 2.05) is 30.3 Å². The van der Waals surface area contributed by atoms with Gasteiger partial charge in [-0.3, -0.25) is 23.7 Å². The van der Waals surface area contributed by atoms with Gasteiger partial charge in [-0.2, -0.15) is 14.0 Å². The Morgan fingerprint density at radius 1 is 1.02 bits per heavy atom. The maximum atomic E-state index is 14.4. The topological polar surface area (TPSA) is 171 Å². The smallest absolute Gasteiger partial charge is 0.340 e. The van der Waals surface area contributed by atoms with Crippen molar-refractivity contribution in [2.24, 2.45) is 5.92 Å². The van der Waals surface area contributed by atoms with Crippen molar-refractivity contribution in [2.75, 3.05) is 26.2 Å². The molecule has 3 aliphatic heterocycles. The van der Waals surface area contributed by atoms with E-state index >= 15 is 0 Å². The average Bonchev–Trinajstić information content (AvgIpc) is 3.81. The van der Waals surface area contributed by atoms with Gasteiger partial charge < -0.3 is 29.8 Å². The van der Waals surface area contributed by atoms with Gasteiger partial charge in [0.05, 0.1) is 16.9 Å². The highest BCUT2D eigenvalue weighted by atomic mass is 32.1. The molecule has 3 N–H and O–H groups in total. The van der Waals surface area contributed by atoms with Crippen LogP contribution in [0, 0.1) is 17.2 Å². The van der Waals surface area contributed by atoms with Crippen LogP contribution in [0.1, 0.15) is 52.9 Å². The normalized spacial score (nSPS) is 24.7. The molecule has 0 unspecified atom stereocenters. The van der Waals surface area contributed by atoms with Crippen LogP contribution in [0.2, 0.25) is 0 Å². The maximum Gasteiger partial charge on any atom is 0.399 e. The number of rotatable bonds is 6. The van der Waals surface area contributed by atoms with E-state index in [2.05, 4.69) is 11.4 Å². The molecular formula is C33H34F2N5O7PS. The minimum atomic E-state index is -5.81. The zero-order valence-electron chi connectivity index (χ0n) is 26.4. The lowest BCUT2D eigenvalue weighted by molar-refractivity contribution is -0.148. The SMILES string of the molecule is CC(=O)N1CC[C@H]2CC[C@@H](C(=O)N3C[C@H](c4ccccc4)[C@@H](C#N)C3)N2C(=O)[C@@H](NC(=O)c2cc3cc(C(F)(F)P(=O)(O)O)ccc3s2)C1. The Morgan fingerprint density at radius 2 is 1.76 bits per heavy atom. The highest BCUT2D eigenvalue weighted by Crippen LogP contribution is 2.59. The second kappa shape index (κ2) is 13.2. The Kier molecular flexibility index (Phi) is 9.36. The molecule has 258 valence electrons. The zero-order chi connectivity index (χ0) is 35.2. The summed E-state index contributed by atoms with van der Waals surface area (Å²) in [5, 5.41) is 12.7. The van der Waals surface area contributed by atoms with Crippen LogP contribution < -0.4 is 5.32 Å². The lowest BCUT2D eigenvalue weighted by Gasteiger charge is -2.39. The van der Waals surface area contributed by atoms with E-state index in [-0.39, 0.29) is 47.1 Å². The van der Waals surface area contributed by atoms with E-state index in [0.717, 1.165) is 29.0 Å². The average molecular weight is 714 g/mol. The third-order valence-electron chi connectivity index (χ3n) is 9.70. The number of nitrogens with one attached hydrogen (secondary N) is 1. The number of thiophene rings is 1. The molecule has 49 heavy (non-hydrogen) atoms. The molecule has 3 fully saturated rings. The van der Waals surface area contributed by atoms with Crippen LogP contribution in [0.15, 0.2) is 54.6 Å². The Hall–Kier alpha value is -4.22. The number of carbonyl (C=O) groups is 4. The van der Waals surface area contributed by atoms with Crippen LogP contribution in [-0.4, -0.2) is 92.4 Å². The second-order valence-corrected chi connectivity index (χ2v) is 15.5. The van der Waals surface area contributed by atoms with Crippen LogP contribution in [0.3, 0.4) is 0 Å². The highest BCUT2D eigenvalue weighted by molar-refractivity contribution is 7.52. The van der Waals surface area contributed by atoms with Crippen molar-refractivity contribution < 1.29 is 42.3 Å². The second-order valence-electron chi connectivity index (χ2n) is 12.7. The first-order valence-corrected chi connectivity index (χ1v) is 18.2.